The minimum Gasteiger partial charge on any atom is -0.377 e. The maximum atomic E-state index is 5.80. The van der Waals surface area contributed by atoms with Gasteiger partial charge in [-0.15, -0.1) is 0 Å². The van der Waals surface area contributed by atoms with Crippen molar-refractivity contribution < 1.29 is 4.74 Å². The van der Waals surface area contributed by atoms with Crippen molar-refractivity contribution in [1.82, 2.24) is 4.98 Å². The second kappa shape index (κ2) is 5.04. The third kappa shape index (κ3) is 2.25. The number of morpholine rings is 1. The molecule has 0 saturated carbocycles. The summed E-state index contributed by atoms with van der Waals surface area (Å²) >= 11 is 0. The van der Waals surface area contributed by atoms with Gasteiger partial charge in [-0.25, -0.2) is 4.98 Å². The van der Waals surface area contributed by atoms with Crippen molar-refractivity contribution in [1.29, 1.82) is 0 Å². The van der Waals surface area contributed by atoms with Gasteiger partial charge in [-0.3, -0.25) is 0 Å². The molecule has 0 bridgehead atoms. The fourth-order valence-corrected chi connectivity index (χ4v) is 2.80. The Hall–Kier alpha value is -1.65. The zero-order chi connectivity index (χ0) is 14.2. The molecular weight excluding hydrogens is 250 g/mol. The molecule has 1 saturated heterocycles. The van der Waals surface area contributed by atoms with E-state index in [0.29, 0.717) is 6.54 Å². The van der Waals surface area contributed by atoms with Gasteiger partial charge in [-0.05, 0) is 25.3 Å². The maximum absolute atomic E-state index is 5.80. The number of aromatic nitrogens is 1. The minimum atomic E-state index is -0.0543. The molecule has 1 aromatic heterocycles. The van der Waals surface area contributed by atoms with Crippen LogP contribution in [0.25, 0.3) is 10.8 Å². The van der Waals surface area contributed by atoms with Gasteiger partial charge in [-0.2, -0.15) is 0 Å². The van der Waals surface area contributed by atoms with Gasteiger partial charge in [0.1, 0.15) is 5.82 Å². The van der Waals surface area contributed by atoms with Crippen LogP contribution in [-0.2, 0) is 11.3 Å². The first-order valence-electron chi connectivity index (χ1n) is 7.06. The van der Waals surface area contributed by atoms with Crippen LogP contribution in [0.2, 0.25) is 0 Å². The Morgan fingerprint density at radius 3 is 2.90 bits per heavy atom. The topological polar surface area (TPSA) is 51.4 Å². The summed E-state index contributed by atoms with van der Waals surface area (Å²) in [4.78, 5) is 7.13. The molecule has 1 fully saturated rings. The molecule has 4 heteroatoms. The third-order valence-corrected chi connectivity index (χ3v) is 3.88. The quantitative estimate of drug-likeness (QED) is 0.910. The van der Waals surface area contributed by atoms with E-state index in [-0.39, 0.29) is 5.54 Å². The standard InChI is InChI=1S/C16H21N3O/c1-16(2)11-20-8-7-19(16)15-14-6-4-3-5-12(14)9-13(10-17)18-15/h3-6,9H,7-8,10-11,17H2,1-2H3. The lowest BCUT2D eigenvalue weighted by atomic mass is 10.0. The van der Waals surface area contributed by atoms with Crippen LogP contribution in [0.4, 0.5) is 5.82 Å². The molecule has 3 rings (SSSR count). The maximum Gasteiger partial charge on any atom is 0.137 e. The number of nitrogens with two attached hydrogens (primary N) is 1. The Morgan fingerprint density at radius 1 is 1.35 bits per heavy atom. The minimum absolute atomic E-state index is 0.0543. The molecular formula is C16H21N3O. The predicted octanol–water partition coefficient (Wildman–Crippen LogP) is 2.31. The van der Waals surface area contributed by atoms with Gasteiger partial charge in [0.05, 0.1) is 24.4 Å². The molecule has 0 amide bonds. The van der Waals surface area contributed by atoms with E-state index in [1.165, 1.54) is 10.8 Å². The molecule has 2 N–H and O–H groups in total. The number of pyridine rings is 1. The first-order chi connectivity index (χ1) is 9.62. The van der Waals surface area contributed by atoms with Crippen LogP contribution in [0.5, 0.6) is 0 Å². The third-order valence-electron chi connectivity index (χ3n) is 3.88. The van der Waals surface area contributed by atoms with Crippen LogP contribution in [-0.4, -0.2) is 30.3 Å². The van der Waals surface area contributed by atoms with Gasteiger partial charge < -0.3 is 15.4 Å². The lowest BCUT2D eigenvalue weighted by Gasteiger charge is -2.43. The van der Waals surface area contributed by atoms with Gasteiger partial charge in [-0.1, -0.05) is 24.3 Å². The lowest BCUT2D eigenvalue weighted by Crippen LogP contribution is -2.53. The molecule has 20 heavy (non-hydrogen) atoms. The van der Waals surface area contributed by atoms with Crippen LogP contribution < -0.4 is 10.6 Å². The number of hydrogen-bond acceptors (Lipinski definition) is 4. The summed E-state index contributed by atoms with van der Waals surface area (Å²) in [5.74, 6) is 1.02. The number of fused-ring (bicyclic) bond motifs is 1. The van der Waals surface area contributed by atoms with Crippen molar-refractivity contribution in [2.75, 3.05) is 24.7 Å². The highest BCUT2D eigenvalue weighted by molar-refractivity contribution is 5.93. The van der Waals surface area contributed by atoms with Crippen LogP contribution in [0, 0.1) is 0 Å². The van der Waals surface area contributed by atoms with Crippen molar-refractivity contribution in [2.45, 2.75) is 25.9 Å². The summed E-state index contributed by atoms with van der Waals surface area (Å²) in [6.07, 6.45) is 0. The van der Waals surface area contributed by atoms with Crippen molar-refractivity contribution in [3.8, 4) is 0 Å². The Bertz CT molecular complexity index is 624. The van der Waals surface area contributed by atoms with E-state index in [9.17, 15) is 0 Å². The predicted molar refractivity (Wildman–Crippen MR) is 81.9 cm³/mol. The normalized spacial score (nSPS) is 18.4. The number of benzene rings is 1. The molecule has 0 aliphatic carbocycles. The van der Waals surface area contributed by atoms with Crippen molar-refractivity contribution in [3.63, 3.8) is 0 Å². The molecule has 2 heterocycles. The van der Waals surface area contributed by atoms with E-state index in [1.54, 1.807) is 0 Å². The van der Waals surface area contributed by atoms with Gasteiger partial charge in [0.25, 0.3) is 0 Å². The van der Waals surface area contributed by atoms with E-state index in [1.807, 2.05) is 0 Å². The van der Waals surface area contributed by atoms with E-state index in [0.717, 1.165) is 31.3 Å². The van der Waals surface area contributed by atoms with Crippen LogP contribution >= 0.6 is 0 Å². The summed E-state index contributed by atoms with van der Waals surface area (Å²) in [7, 11) is 0. The van der Waals surface area contributed by atoms with E-state index < -0.39 is 0 Å². The summed E-state index contributed by atoms with van der Waals surface area (Å²) < 4.78 is 5.61. The van der Waals surface area contributed by atoms with Crippen LogP contribution in [0.1, 0.15) is 19.5 Å². The first-order valence-corrected chi connectivity index (χ1v) is 7.06. The van der Waals surface area contributed by atoms with E-state index >= 15 is 0 Å². The van der Waals surface area contributed by atoms with Crippen molar-refractivity contribution in [2.24, 2.45) is 5.73 Å². The number of ether oxygens (including phenoxy) is 1. The Morgan fingerprint density at radius 2 is 2.15 bits per heavy atom. The molecule has 106 valence electrons. The molecule has 0 unspecified atom stereocenters. The van der Waals surface area contributed by atoms with Crippen LogP contribution in [0.15, 0.2) is 30.3 Å². The molecule has 0 atom stereocenters. The second-order valence-corrected chi connectivity index (χ2v) is 5.88. The SMILES string of the molecule is CC1(C)COCCN1c1nc(CN)cc2ccccc12. The lowest BCUT2D eigenvalue weighted by molar-refractivity contribution is 0.0641. The van der Waals surface area contributed by atoms with Gasteiger partial charge >= 0.3 is 0 Å². The molecule has 1 aliphatic heterocycles. The Kier molecular flexibility index (Phi) is 3.36. The van der Waals surface area contributed by atoms with Crippen molar-refractivity contribution in [3.05, 3.63) is 36.0 Å². The van der Waals surface area contributed by atoms with E-state index in [2.05, 4.69) is 49.1 Å². The molecule has 1 aromatic carbocycles. The van der Waals surface area contributed by atoms with E-state index in [4.69, 9.17) is 15.5 Å². The van der Waals surface area contributed by atoms with Gasteiger partial charge in [0.15, 0.2) is 0 Å². The number of nitrogens with zero attached hydrogens (tertiary/aromatic N) is 2. The zero-order valence-corrected chi connectivity index (χ0v) is 12.1. The molecule has 2 aromatic rings. The number of anilines is 1. The summed E-state index contributed by atoms with van der Waals surface area (Å²) in [6.45, 7) is 7.16. The summed E-state index contributed by atoms with van der Waals surface area (Å²) in [5.41, 5.74) is 6.68. The average Bonchev–Trinajstić information content (AvgIpc) is 2.46. The molecule has 1 aliphatic rings. The molecule has 0 radical (unpaired) electrons. The van der Waals surface area contributed by atoms with Gasteiger partial charge in [0, 0.05) is 18.5 Å². The monoisotopic (exact) mass is 271 g/mol. The highest BCUT2D eigenvalue weighted by atomic mass is 16.5. The fraction of sp³-hybridized carbons (Fsp3) is 0.438. The summed E-state index contributed by atoms with van der Waals surface area (Å²) in [6, 6.07) is 10.4. The Labute approximate surface area is 119 Å². The average molecular weight is 271 g/mol. The highest BCUT2D eigenvalue weighted by Gasteiger charge is 2.32. The zero-order valence-electron chi connectivity index (χ0n) is 12.1. The van der Waals surface area contributed by atoms with Gasteiger partial charge in [0.2, 0.25) is 0 Å². The second-order valence-electron chi connectivity index (χ2n) is 5.88. The molecule has 0 spiro atoms. The number of hydrogen-bond donors (Lipinski definition) is 1. The molecule has 4 nitrogen and oxygen atoms in total. The fourth-order valence-electron chi connectivity index (χ4n) is 2.80. The van der Waals surface area contributed by atoms with Crippen molar-refractivity contribution >= 4 is 16.6 Å². The number of rotatable bonds is 2. The Balaban J connectivity index is 2.18. The largest absolute Gasteiger partial charge is 0.377 e. The first kappa shape index (κ1) is 13.3. The van der Waals surface area contributed by atoms with Crippen LogP contribution in [0.3, 0.4) is 0 Å². The summed E-state index contributed by atoms with van der Waals surface area (Å²) in [5, 5.41) is 2.37. The smallest absolute Gasteiger partial charge is 0.137 e. The highest BCUT2D eigenvalue weighted by Crippen LogP contribution is 2.32.